The fraction of sp³-hybridized carbons (Fsp3) is 0.375. The highest BCUT2D eigenvalue weighted by molar-refractivity contribution is 6.05. The Kier molecular flexibility index (Phi) is 3.58. The van der Waals surface area contributed by atoms with Gasteiger partial charge in [0.25, 0.3) is 11.8 Å². The molecule has 3 aliphatic rings. The molecule has 1 aromatic carbocycles. The Bertz CT molecular complexity index is 715. The van der Waals surface area contributed by atoms with Crippen LogP contribution in [0.15, 0.2) is 36.4 Å². The van der Waals surface area contributed by atoms with Gasteiger partial charge < -0.3 is 9.47 Å². The first-order chi connectivity index (χ1) is 11.8. The molecule has 0 saturated carbocycles. The lowest BCUT2D eigenvalue weighted by molar-refractivity contribution is -0.274. The molecule has 25 heavy (non-hydrogen) atoms. The molecule has 0 N–H and O–H groups in total. The van der Waals surface area contributed by atoms with Crippen molar-refractivity contribution < 1.29 is 37.1 Å². The van der Waals surface area contributed by atoms with Crippen molar-refractivity contribution in [1.82, 2.24) is 5.06 Å². The Balaban J connectivity index is 1.39. The molecule has 3 aliphatic heterocycles. The lowest BCUT2D eigenvalue weighted by Crippen LogP contribution is -2.34. The Morgan fingerprint density at radius 3 is 2.08 bits per heavy atom. The zero-order valence-electron chi connectivity index (χ0n) is 12.6. The Morgan fingerprint density at radius 1 is 1.00 bits per heavy atom. The van der Waals surface area contributed by atoms with Crippen LogP contribution in [0.5, 0.6) is 5.75 Å². The molecule has 132 valence electrons. The van der Waals surface area contributed by atoms with Crippen molar-refractivity contribution >= 4 is 11.8 Å². The summed E-state index contributed by atoms with van der Waals surface area (Å²) in [6.45, 7) is -0.132. The van der Waals surface area contributed by atoms with Gasteiger partial charge in [0, 0.05) is 0 Å². The molecule has 0 aliphatic carbocycles. The molecule has 4 atom stereocenters. The summed E-state index contributed by atoms with van der Waals surface area (Å²) >= 11 is 0. The third kappa shape index (κ3) is 2.79. The van der Waals surface area contributed by atoms with Crippen LogP contribution in [0.4, 0.5) is 13.2 Å². The largest absolute Gasteiger partial charge is 0.573 e. The normalized spacial score (nSPS) is 30.3. The van der Waals surface area contributed by atoms with Crippen LogP contribution in [0, 0.1) is 11.8 Å². The first-order valence-electron chi connectivity index (χ1n) is 7.53. The topological polar surface area (TPSA) is 65.1 Å². The van der Waals surface area contributed by atoms with Crippen LogP contribution in [-0.2, 0) is 25.8 Å². The molecule has 3 heterocycles. The number of carbonyl (C=O) groups excluding carboxylic acids is 2. The lowest BCUT2D eigenvalue weighted by atomic mass is 9.85. The van der Waals surface area contributed by atoms with Gasteiger partial charge in [-0.25, -0.2) is 0 Å². The number of benzene rings is 1. The van der Waals surface area contributed by atoms with E-state index in [-0.39, 0.29) is 12.4 Å². The van der Waals surface area contributed by atoms with Gasteiger partial charge in [0.1, 0.15) is 12.4 Å². The number of halogens is 3. The number of hydrogen-bond acceptors (Lipinski definition) is 5. The number of nitrogens with zero attached hydrogens (tertiary/aromatic N) is 1. The predicted octanol–water partition coefficient (Wildman–Crippen LogP) is 1.96. The fourth-order valence-corrected chi connectivity index (χ4v) is 3.33. The molecule has 4 rings (SSSR count). The average Bonchev–Trinajstić information content (AvgIpc) is 3.21. The van der Waals surface area contributed by atoms with E-state index in [1.54, 1.807) is 12.2 Å². The van der Waals surface area contributed by atoms with Crippen LogP contribution < -0.4 is 4.74 Å². The second kappa shape index (κ2) is 5.57. The highest BCUT2D eigenvalue weighted by Gasteiger charge is 2.61. The van der Waals surface area contributed by atoms with Crippen molar-refractivity contribution in [2.75, 3.05) is 0 Å². The first-order valence-corrected chi connectivity index (χ1v) is 7.53. The van der Waals surface area contributed by atoms with Crippen LogP contribution >= 0.6 is 0 Å². The summed E-state index contributed by atoms with van der Waals surface area (Å²) in [6, 6.07) is 4.99. The summed E-state index contributed by atoms with van der Waals surface area (Å²) in [5.74, 6) is -2.40. The van der Waals surface area contributed by atoms with Crippen molar-refractivity contribution in [2.24, 2.45) is 11.8 Å². The molecule has 2 fully saturated rings. The maximum Gasteiger partial charge on any atom is 0.573 e. The zero-order valence-corrected chi connectivity index (χ0v) is 12.6. The van der Waals surface area contributed by atoms with E-state index in [1.165, 1.54) is 12.1 Å². The van der Waals surface area contributed by atoms with Gasteiger partial charge in [-0.1, -0.05) is 24.3 Å². The van der Waals surface area contributed by atoms with Crippen molar-refractivity contribution in [3.8, 4) is 5.75 Å². The van der Waals surface area contributed by atoms with Gasteiger partial charge in [-0.2, -0.15) is 5.06 Å². The quantitative estimate of drug-likeness (QED) is 0.610. The van der Waals surface area contributed by atoms with Gasteiger partial charge in [0.05, 0.1) is 24.0 Å². The van der Waals surface area contributed by atoms with Gasteiger partial charge in [0.2, 0.25) is 0 Å². The van der Waals surface area contributed by atoms with Gasteiger partial charge >= 0.3 is 6.36 Å². The number of amides is 2. The summed E-state index contributed by atoms with van der Waals surface area (Å²) in [7, 11) is 0. The lowest BCUT2D eigenvalue weighted by Gasteiger charge is -2.17. The summed E-state index contributed by atoms with van der Waals surface area (Å²) < 4.78 is 45.6. The van der Waals surface area contributed by atoms with Crippen LogP contribution in [-0.4, -0.2) is 35.4 Å². The first kappa shape index (κ1) is 16.1. The molecule has 0 aromatic heterocycles. The Labute approximate surface area is 139 Å². The number of imide groups is 1. The van der Waals surface area contributed by atoms with Crippen molar-refractivity contribution in [1.29, 1.82) is 0 Å². The molecule has 0 spiro atoms. The van der Waals surface area contributed by atoms with Crippen LogP contribution in [0.1, 0.15) is 5.56 Å². The van der Waals surface area contributed by atoms with Crippen molar-refractivity contribution in [2.45, 2.75) is 25.2 Å². The monoisotopic (exact) mass is 355 g/mol. The van der Waals surface area contributed by atoms with E-state index in [4.69, 9.17) is 9.57 Å². The SMILES string of the molecule is O=C1[C@@H]2[C@@H](C(=O)N1OCc1ccc(OC(F)(F)F)cc1)[C@H]1C=C[C@H]2O1. The molecular weight excluding hydrogens is 343 g/mol. The number of ether oxygens (including phenoxy) is 2. The minimum absolute atomic E-state index is 0.132. The van der Waals surface area contributed by atoms with E-state index in [9.17, 15) is 22.8 Å². The summed E-state index contributed by atoms with van der Waals surface area (Å²) in [5, 5.41) is 0.741. The highest BCUT2D eigenvalue weighted by Crippen LogP contribution is 2.45. The highest BCUT2D eigenvalue weighted by atomic mass is 19.4. The third-order valence-corrected chi connectivity index (χ3v) is 4.39. The molecule has 1 aromatic rings. The average molecular weight is 355 g/mol. The van der Waals surface area contributed by atoms with Crippen molar-refractivity contribution in [3.63, 3.8) is 0 Å². The maximum absolute atomic E-state index is 12.3. The summed E-state index contributed by atoms with van der Waals surface area (Å²) in [6.07, 6.45) is -2.04. The van der Waals surface area contributed by atoms with Crippen LogP contribution in [0.25, 0.3) is 0 Å². The van der Waals surface area contributed by atoms with E-state index >= 15 is 0 Å². The third-order valence-electron chi connectivity index (χ3n) is 4.39. The Hall–Kier alpha value is -2.39. The maximum atomic E-state index is 12.3. The van der Waals surface area contributed by atoms with E-state index in [0.717, 1.165) is 17.2 Å². The Morgan fingerprint density at radius 2 is 1.56 bits per heavy atom. The number of carbonyl (C=O) groups is 2. The molecular formula is C16H12F3NO5. The van der Waals surface area contributed by atoms with E-state index in [2.05, 4.69) is 4.74 Å². The number of hydrogen-bond donors (Lipinski definition) is 0. The molecule has 6 nitrogen and oxygen atoms in total. The molecule has 9 heteroatoms. The number of hydroxylamine groups is 2. The van der Waals surface area contributed by atoms with E-state index in [0.29, 0.717) is 5.56 Å². The summed E-state index contributed by atoms with van der Waals surface area (Å²) in [5.41, 5.74) is 0.490. The van der Waals surface area contributed by atoms with E-state index in [1.807, 2.05) is 0 Å². The minimum atomic E-state index is -4.76. The number of rotatable bonds is 4. The molecule has 0 unspecified atom stereocenters. The fourth-order valence-electron chi connectivity index (χ4n) is 3.33. The van der Waals surface area contributed by atoms with E-state index < -0.39 is 42.2 Å². The standard InChI is InChI=1S/C16H12F3NO5/c17-16(18,19)25-9-3-1-8(2-4-9)7-23-20-14(21)12-10-5-6-11(24-10)13(12)15(20)22/h1-6,10-13H,7H2/t10-,11-,12+,13+/m1/s1. The molecule has 2 bridgehead atoms. The van der Waals surface area contributed by atoms with Gasteiger partial charge in [-0.3, -0.25) is 14.4 Å². The number of fused-ring (bicyclic) bond motifs is 5. The zero-order chi connectivity index (χ0) is 17.8. The second-order valence-electron chi connectivity index (χ2n) is 5.94. The second-order valence-corrected chi connectivity index (χ2v) is 5.94. The smallest absolute Gasteiger partial charge is 0.406 e. The van der Waals surface area contributed by atoms with Gasteiger partial charge in [-0.15, -0.1) is 13.2 Å². The molecule has 0 radical (unpaired) electrons. The summed E-state index contributed by atoms with van der Waals surface area (Å²) in [4.78, 5) is 30.0. The van der Waals surface area contributed by atoms with Gasteiger partial charge in [0.15, 0.2) is 0 Å². The van der Waals surface area contributed by atoms with Crippen LogP contribution in [0.2, 0.25) is 0 Å². The minimum Gasteiger partial charge on any atom is -0.406 e. The van der Waals surface area contributed by atoms with Crippen LogP contribution in [0.3, 0.4) is 0 Å². The van der Waals surface area contributed by atoms with Crippen molar-refractivity contribution in [3.05, 3.63) is 42.0 Å². The predicted molar refractivity (Wildman–Crippen MR) is 74.5 cm³/mol. The number of alkyl halides is 3. The molecule has 2 saturated heterocycles. The molecule has 2 amide bonds. The van der Waals surface area contributed by atoms with Gasteiger partial charge in [-0.05, 0) is 17.7 Å².